The number of carbonyl (C=O) groups is 1. The molecule has 2 rings (SSSR count). The lowest BCUT2D eigenvalue weighted by Crippen LogP contribution is -2.41. The summed E-state index contributed by atoms with van der Waals surface area (Å²) >= 11 is 0. The van der Waals surface area contributed by atoms with Crippen LogP contribution in [-0.2, 0) is 4.79 Å². The second kappa shape index (κ2) is 5.67. The highest BCUT2D eigenvalue weighted by atomic mass is 16.2. The molecule has 1 unspecified atom stereocenters. The van der Waals surface area contributed by atoms with Gasteiger partial charge in [0.2, 0.25) is 5.91 Å². The fourth-order valence-corrected chi connectivity index (χ4v) is 2.99. The fourth-order valence-electron chi connectivity index (χ4n) is 2.99. The van der Waals surface area contributed by atoms with Crippen LogP contribution < -0.4 is 5.32 Å². The van der Waals surface area contributed by atoms with Gasteiger partial charge in [0.25, 0.3) is 0 Å². The number of hydrogen-bond donors (Lipinski definition) is 1. The summed E-state index contributed by atoms with van der Waals surface area (Å²) in [4.78, 5) is 14.1. The Hall–Kier alpha value is -0.570. The van der Waals surface area contributed by atoms with E-state index in [2.05, 4.69) is 5.32 Å². The minimum absolute atomic E-state index is 0.320. The van der Waals surface area contributed by atoms with E-state index in [1.54, 1.807) is 0 Å². The summed E-state index contributed by atoms with van der Waals surface area (Å²) in [6.07, 6.45) is 8.51. The number of nitrogens with zero attached hydrogens (tertiary/aromatic N) is 1. The Morgan fingerprint density at radius 2 is 1.94 bits per heavy atom. The third kappa shape index (κ3) is 2.97. The second-order valence-electron chi connectivity index (χ2n) is 5.35. The average Bonchev–Trinajstić information content (AvgIpc) is 2.82. The van der Waals surface area contributed by atoms with Crippen molar-refractivity contribution in [3.8, 4) is 0 Å². The van der Waals surface area contributed by atoms with E-state index >= 15 is 0 Å². The van der Waals surface area contributed by atoms with E-state index in [9.17, 15) is 4.79 Å². The van der Waals surface area contributed by atoms with Crippen LogP contribution in [0.3, 0.4) is 0 Å². The summed E-state index contributed by atoms with van der Waals surface area (Å²) in [6, 6.07) is 0.539. The third-order valence-corrected chi connectivity index (χ3v) is 3.99. The zero-order valence-corrected chi connectivity index (χ0v) is 10.4. The minimum atomic E-state index is 0.320. The summed E-state index contributed by atoms with van der Waals surface area (Å²) in [6.45, 7) is 2.02. The highest BCUT2D eigenvalue weighted by molar-refractivity contribution is 5.78. The standard InChI is InChI=1S/C13H24N2O/c1-15(10-12-8-5-9-14-12)13(16)11-6-3-2-4-7-11/h11-12,14H,2-10H2,1H3. The molecule has 3 heteroatoms. The molecule has 1 N–H and O–H groups in total. The summed E-state index contributed by atoms with van der Waals surface area (Å²) in [7, 11) is 1.97. The average molecular weight is 224 g/mol. The molecule has 0 aromatic rings. The molecule has 1 atom stereocenters. The largest absolute Gasteiger partial charge is 0.344 e. The molecule has 2 fully saturated rings. The predicted octanol–water partition coefficient (Wildman–Crippen LogP) is 1.78. The van der Waals surface area contributed by atoms with Gasteiger partial charge < -0.3 is 10.2 Å². The first-order chi connectivity index (χ1) is 7.77. The third-order valence-electron chi connectivity index (χ3n) is 3.99. The van der Waals surface area contributed by atoms with Crippen molar-refractivity contribution in [1.29, 1.82) is 0 Å². The van der Waals surface area contributed by atoms with E-state index in [1.807, 2.05) is 11.9 Å². The maximum atomic E-state index is 12.2. The normalized spacial score (nSPS) is 26.9. The molecule has 1 aliphatic carbocycles. The van der Waals surface area contributed by atoms with E-state index in [0.717, 1.165) is 25.9 Å². The first kappa shape index (κ1) is 11.9. The molecule has 0 radical (unpaired) electrons. The molecule has 0 spiro atoms. The van der Waals surface area contributed by atoms with Crippen LogP contribution in [0.1, 0.15) is 44.9 Å². The van der Waals surface area contributed by atoms with E-state index in [1.165, 1.54) is 32.1 Å². The number of nitrogens with one attached hydrogen (secondary N) is 1. The van der Waals surface area contributed by atoms with Gasteiger partial charge in [-0.3, -0.25) is 4.79 Å². The van der Waals surface area contributed by atoms with Crippen LogP contribution in [-0.4, -0.2) is 37.0 Å². The van der Waals surface area contributed by atoms with E-state index < -0.39 is 0 Å². The zero-order valence-electron chi connectivity index (χ0n) is 10.4. The Labute approximate surface area is 98.6 Å². The smallest absolute Gasteiger partial charge is 0.225 e. The molecule has 1 saturated carbocycles. The van der Waals surface area contributed by atoms with Crippen LogP contribution in [0.5, 0.6) is 0 Å². The molecule has 0 bridgehead atoms. The number of hydrogen-bond acceptors (Lipinski definition) is 2. The number of rotatable bonds is 3. The first-order valence-corrected chi connectivity index (χ1v) is 6.76. The zero-order chi connectivity index (χ0) is 11.4. The van der Waals surface area contributed by atoms with Crippen LogP contribution in [0.2, 0.25) is 0 Å². The molecular weight excluding hydrogens is 200 g/mol. The molecule has 3 nitrogen and oxygen atoms in total. The first-order valence-electron chi connectivity index (χ1n) is 6.76. The fraction of sp³-hybridized carbons (Fsp3) is 0.923. The van der Waals surface area contributed by atoms with Gasteiger partial charge in [-0.25, -0.2) is 0 Å². The maximum absolute atomic E-state index is 12.2. The molecule has 1 aliphatic heterocycles. The monoisotopic (exact) mass is 224 g/mol. The quantitative estimate of drug-likeness (QED) is 0.792. The molecule has 0 aromatic carbocycles. The molecule has 92 valence electrons. The highest BCUT2D eigenvalue weighted by Gasteiger charge is 2.26. The van der Waals surface area contributed by atoms with Crippen LogP contribution >= 0.6 is 0 Å². The van der Waals surface area contributed by atoms with Crippen molar-refractivity contribution in [3.63, 3.8) is 0 Å². The van der Waals surface area contributed by atoms with E-state index in [0.29, 0.717) is 17.9 Å². The van der Waals surface area contributed by atoms with Crippen LogP contribution in [0, 0.1) is 5.92 Å². The van der Waals surface area contributed by atoms with E-state index in [4.69, 9.17) is 0 Å². The van der Waals surface area contributed by atoms with Gasteiger partial charge in [0, 0.05) is 25.6 Å². The minimum Gasteiger partial charge on any atom is -0.344 e. The van der Waals surface area contributed by atoms with E-state index in [-0.39, 0.29) is 0 Å². The van der Waals surface area contributed by atoms with Crippen molar-refractivity contribution in [3.05, 3.63) is 0 Å². The van der Waals surface area contributed by atoms with Crippen molar-refractivity contribution >= 4 is 5.91 Å². The lowest BCUT2D eigenvalue weighted by Gasteiger charge is -2.28. The molecule has 1 heterocycles. The van der Waals surface area contributed by atoms with Gasteiger partial charge in [-0.2, -0.15) is 0 Å². The van der Waals surface area contributed by atoms with Gasteiger partial charge in [-0.1, -0.05) is 19.3 Å². The summed E-state index contributed by atoms with van der Waals surface area (Å²) < 4.78 is 0. The number of likely N-dealkylation sites (N-methyl/N-ethyl adjacent to an activating group) is 1. The van der Waals surface area contributed by atoms with Crippen LogP contribution in [0.15, 0.2) is 0 Å². The molecule has 16 heavy (non-hydrogen) atoms. The van der Waals surface area contributed by atoms with Crippen molar-refractivity contribution in [2.24, 2.45) is 5.92 Å². The van der Waals surface area contributed by atoms with Crippen molar-refractivity contribution in [2.45, 2.75) is 51.0 Å². The van der Waals surface area contributed by atoms with Gasteiger partial charge >= 0.3 is 0 Å². The molecule has 2 aliphatic rings. The van der Waals surface area contributed by atoms with Crippen molar-refractivity contribution < 1.29 is 4.79 Å². The van der Waals surface area contributed by atoms with Crippen LogP contribution in [0.25, 0.3) is 0 Å². The topological polar surface area (TPSA) is 32.3 Å². The van der Waals surface area contributed by atoms with Crippen LogP contribution in [0.4, 0.5) is 0 Å². The van der Waals surface area contributed by atoms with Gasteiger partial charge in [-0.15, -0.1) is 0 Å². The van der Waals surface area contributed by atoms with Gasteiger partial charge in [0.05, 0.1) is 0 Å². The molecule has 1 amide bonds. The SMILES string of the molecule is CN(CC1CCCN1)C(=O)C1CCCCC1. The maximum Gasteiger partial charge on any atom is 0.225 e. The Balaban J connectivity index is 1.78. The lowest BCUT2D eigenvalue weighted by atomic mass is 9.88. The molecule has 1 saturated heterocycles. The lowest BCUT2D eigenvalue weighted by molar-refractivity contribution is -0.135. The summed E-state index contributed by atoms with van der Waals surface area (Å²) in [5, 5.41) is 3.45. The van der Waals surface area contributed by atoms with Gasteiger partial charge in [0.1, 0.15) is 0 Å². The summed E-state index contributed by atoms with van der Waals surface area (Å²) in [5.74, 6) is 0.702. The second-order valence-corrected chi connectivity index (χ2v) is 5.35. The Morgan fingerprint density at radius 3 is 2.56 bits per heavy atom. The number of amides is 1. The van der Waals surface area contributed by atoms with Crippen molar-refractivity contribution in [1.82, 2.24) is 10.2 Å². The molecular formula is C13H24N2O. The van der Waals surface area contributed by atoms with Gasteiger partial charge in [-0.05, 0) is 32.2 Å². The Kier molecular flexibility index (Phi) is 4.22. The molecule has 0 aromatic heterocycles. The van der Waals surface area contributed by atoms with Crippen molar-refractivity contribution in [2.75, 3.05) is 20.1 Å². The highest BCUT2D eigenvalue weighted by Crippen LogP contribution is 2.25. The Bertz CT molecular complexity index is 230. The predicted molar refractivity (Wildman–Crippen MR) is 65.2 cm³/mol. The summed E-state index contributed by atoms with van der Waals surface area (Å²) in [5.41, 5.74) is 0. The Morgan fingerprint density at radius 1 is 1.19 bits per heavy atom. The van der Waals surface area contributed by atoms with Gasteiger partial charge in [0.15, 0.2) is 0 Å². The number of carbonyl (C=O) groups excluding carboxylic acids is 1.